The minimum absolute atomic E-state index is 0.167. The highest BCUT2D eigenvalue weighted by atomic mass is 32.1. The summed E-state index contributed by atoms with van der Waals surface area (Å²) in [5.74, 6) is 0.843. The molecule has 0 bridgehead atoms. The molecule has 16 rings (SSSR count). The quantitative estimate of drug-likeness (QED) is 0.0549. The number of aryl methyl sites for hydroxylation is 1. The number of carbonyl (C=O) groups is 1. The lowest BCUT2D eigenvalue weighted by Gasteiger charge is -1.79. The first-order valence-corrected chi connectivity index (χ1v) is 43.6. The van der Waals surface area contributed by atoms with Crippen LogP contribution in [0.25, 0.3) is 0 Å². The van der Waals surface area contributed by atoms with Crippen LogP contribution in [0.1, 0.15) is 276 Å². The third-order valence-electron chi connectivity index (χ3n) is 10.2. The molecular weight excluding hydrogens is 1450 g/mol. The molecular formula is C87H180N20O6S. The highest BCUT2D eigenvalue weighted by Crippen LogP contribution is 2.15. The maximum atomic E-state index is 9.44. The summed E-state index contributed by atoms with van der Waals surface area (Å²) < 4.78 is 25.5. The lowest BCUT2D eigenvalue weighted by molar-refractivity contribution is -0.115. The van der Waals surface area contributed by atoms with E-state index in [1.165, 1.54) is 154 Å². The second-order valence-corrected chi connectivity index (χ2v) is 19.4. The molecule has 10 aliphatic rings. The second kappa shape index (κ2) is 174. The average Bonchev–Trinajstić information content (AvgIpc) is 1.86. The van der Waals surface area contributed by atoms with Crippen LogP contribution in [0, 0.1) is 6.92 Å². The van der Waals surface area contributed by atoms with Crippen molar-refractivity contribution in [3.05, 3.63) is 141 Å². The minimum atomic E-state index is 0.167. The average molecular weight is 1630 g/mol. The van der Waals surface area contributed by atoms with Crippen molar-refractivity contribution >= 4 is 42.6 Å². The Morgan fingerprint density at radius 3 is 1.04 bits per heavy atom. The van der Waals surface area contributed by atoms with Gasteiger partial charge in [0, 0.05) is 91.2 Å². The molecule has 5 fully saturated rings. The third-order valence-corrected chi connectivity index (χ3v) is 10.7. The first kappa shape index (κ1) is 139. The molecule has 4 saturated heterocycles. The zero-order valence-electron chi connectivity index (χ0n) is 78.6. The third kappa shape index (κ3) is 196. The van der Waals surface area contributed by atoms with Crippen LogP contribution in [0.3, 0.4) is 0 Å². The number of benzene rings is 1. The topological polar surface area (TPSA) is 324 Å². The van der Waals surface area contributed by atoms with Crippen LogP contribution in [0.5, 0.6) is 0 Å². The Kier molecular flexibility index (Phi) is 211. The molecule has 0 amide bonds. The molecule has 9 aliphatic heterocycles. The second-order valence-electron chi connectivity index (χ2n) is 18.8. The van der Waals surface area contributed by atoms with E-state index in [0.29, 0.717) is 18.7 Å². The van der Waals surface area contributed by atoms with Gasteiger partial charge in [0.1, 0.15) is 24.7 Å². The normalized spacial score (nSPS) is 13.5. The molecule has 1 atom stereocenters. The summed E-state index contributed by atoms with van der Waals surface area (Å²) in [7, 11) is 3.25. The van der Waals surface area contributed by atoms with E-state index in [1.807, 2.05) is 233 Å². The van der Waals surface area contributed by atoms with Gasteiger partial charge in [-0.1, -0.05) is 263 Å². The summed E-state index contributed by atoms with van der Waals surface area (Å²) in [5.41, 5.74) is 2.43. The predicted octanol–water partition coefficient (Wildman–Crippen LogP) is 20.8. The number of rotatable bonds is 0. The number of hydrogen-bond acceptors (Lipinski definition) is 26. The fourth-order valence-corrected chi connectivity index (χ4v) is 6.19. The molecule has 6 aromatic rings. The lowest BCUT2D eigenvalue weighted by Crippen LogP contribution is -2.06. The number of pyridine rings is 1. The molecule has 0 radical (unpaired) electrons. The van der Waals surface area contributed by atoms with Gasteiger partial charge in [0.15, 0.2) is 12.6 Å². The van der Waals surface area contributed by atoms with Crippen molar-refractivity contribution in [3.63, 3.8) is 0 Å². The molecule has 1 saturated carbocycles. The Morgan fingerprint density at radius 2 is 0.921 bits per heavy atom. The Bertz CT molecular complexity index is 1880. The Balaban J connectivity index is -0.0000000763. The van der Waals surface area contributed by atoms with Crippen molar-refractivity contribution in [1.82, 2.24) is 81.5 Å². The van der Waals surface area contributed by atoms with E-state index in [9.17, 15) is 4.79 Å². The van der Waals surface area contributed by atoms with E-state index in [4.69, 9.17) is 9.47 Å². The van der Waals surface area contributed by atoms with E-state index in [1.54, 1.807) is 83.0 Å². The van der Waals surface area contributed by atoms with E-state index < -0.39 is 0 Å². The molecule has 1 aliphatic carbocycles. The number of nitrogens with zero attached hydrogens (tertiary/aromatic N) is 13. The number of aliphatic imine (C=N–C) groups is 4. The highest BCUT2D eigenvalue weighted by molar-refractivity contribution is 6.98. The van der Waals surface area contributed by atoms with Gasteiger partial charge < -0.3 is 44.8 Å². The van der Waals surface area contributed by atoms with Gasteiger partial charge in [0.25, 0.3) is 0 Å². The predicted molar refractivity (Wildman–Crippen MR) is 501 cm³/mol. The number of tetrazole rings is 1. The maximum absolute atomic E-state index is 9.44. The minimum Gasteiger partial charge on any atom is -0.388 e. The number of nitrogens with one attached hydrogen (secondary N) is 7. The SMILES string of the molecule is C1=CCNC1.C1=NCCC1.C1=NCCN1.C1=NCNC1.C1=NCON1.C1CCCC1.C1CCNC1.C1CCNC1.C1CCOC1.CC.CC.CC.CC.CC.CC.CC.CC.CC.CC.CC.CC.CC(C)=O.CC1CO1.COC.Cc1nn[nH]n1.c1ccccc1.c1ccncc1.c1cncnc1.c1cnoc1.c1cnsn1. The maximum Gasteiger partial charge on any atom is 0.171 e. The van der Waals surface area contributed by atoms with Crippen molar-refractivity contribution in [1.29, 1.82) is 0 Å². The summed E-state index contributed by atoms with van der Waals surface area (Å²) in [5, 5.41) is 31.6. The fraction of sp³-hybridized carbons (Fsp3) is 0.678. The summed E-state index contributed by atoms with van der Waals surface area (Å²) in [6, 6.07) is 21.2. The van der Waals surface area contributed by atoms with Gasteiger partial charge in [-0.2, -0.15) is 14.0 Å². The van der Waals surface area contributed by atoms with Gasteiger partial charge >= 0.3 is 0 Å². The van der Waals surface area contributed by atoms with Crippen molar-refractivity contribution in [3.8, 4) is 0 Å². The van der Waals surface area contributed by atoms with Crippen LogP contribution in [-0.4, -0.2) is 199 Å². The summed E-state index contributed by atoms with van der Waals surface area (Å²) in [4.78, 5) is 40.3. The molecule has 27 heteroatoms. The van der Waals surface area contributed by atoms with Crippen LogP contribution in [0.4, 0.5) is 0 Å². The Morgan fingerprint density at radius 1 is 0.474 bits per heavy atom. The number of aromatic nitrogens is 10. The van der Waals surface area contributed by atoms with E-state index in [-0.39, 0.29) is 5.78 Å². The fourth-order valence-electron chi connectivity index (χ4n) is 5.92. The highest BCUT2D eigenvalue weighted by Gasteiger charge is 2.13. The molecule has 670 valence electrons. The number of carbonyl (C=O) groups excluding carboxylic acids is 1. The van der Waals surface area contributed by atoms with Crippen LogP contribution in [-0.2, 0) is 23.8 Å². The van der Waals surface area contributed by atoms with Crippen LogP contribution < -0.4 is 32.1 Å². The zero-order valence-corrected chi connectivity index (χ0v) is 79.4. The van der Waals surface area contributed by atoms with Gasteiger partial charge in [-0.05, 0) is 136 Å². The molecule has 7 N–H and O–H groups in total. The number of hydroxylamine groups is 1. The summed E-state index contributed by atoms with van der Waals surface area (Å²) >= 11 is 1.21. The number of ketones is 1. The number of aromatic amines is 1. The van der Waals surface area contributed by atoms with Crippen molar-refractivity contribution in [2.24, 2.45) is 20.0 Å². The number of hydrogen-bond donors (Lipinski definition) is 7. The monoisotopic (exact) mass is 1630 g/mol. The lowest BCUT2D eigenvalue weighted by atomic mass is 10.4. The first-order valence-electron chi connectivity index (χ1n) is 42.8. The van der Waals surface area contributed by atoms with E-state index >= 15 is 0 Å². The van der Waals surface area contributed by atoms with Gasteiger partial charge in [0.2, 0.25) is 0 Å². The van der Waals surface area contributed by atoms with Gasteiger partial charge in [0.05, 0.1) is 62.6 Å². The number of Topliss-reactive ketones (excluding diaryl/α,β-unsaturated/α-hetero) is 1. The number of epoxide rings is 1. The van der Waals surface area contributed by atoms with Gasteiger partial charge in [-0.15, -0.1) is 10.2 Å². The molecule has 114 heavy (non-hydrogen) atoms. The smallest absolute Gasteiger partial charge is 0.171 e. The standard InChI is InChI=1S/C6H6.C5H5N.C5H10.C4H4N2.2C4H9N.2C4H7N.C4H8O.2C3H6N2.C3H3NO.2C3H6O.C2H4N4.C2H4N2O.C2H2N2S.C2H6O.12C2H6/c2*1-2-4-6-5-3-1;1-2-4-5-3-1;1-2-5-4-6-3-1;5*1-2-4-5-3-1;2*1-2-5-3-4-1;1-2-4-5-3-1;1-3-2-4-3;1-3(2)4;1-2-3-5-6-4-2;1-3-2-5-4-1;1-2-4-5-3-1;1-3-2;12*1-2/h1-6H;1-5H;1-5H2;1-4H;2*5H,1-4H2;3H,1-2,4H2;1-2,5H,3-4H2;1-4H2;3H,1-2H2,(H,4,5);1,5H,2-3H2;1-3H;3H,2H2,1H3;1-2H3;1H3,(H,3,4,5,6);1H,2H2,(H,3,4);1-2H;1-2H3;12*1-2H3. The van der Waals surface area contributed by atoms with Crippen molar-refractivity contribution in [2.75, 3.05) is 113 Å². The van der Waals surface area contributed by atoms with Gasteiger partial charge in [-0.25, -0.2) is 15.0 Å². The molecule has 1 aromatic carbocycles. The van der Waals surface area contributed by atoms with Gasteiger partial charge in [-0.3, -0.25) is 35.6 Å². The number of H-pyrrole nitrogens is 1. The molecule has 14 heterocycles. The molecule has 0 spiro atoms. The summed E-state index contributed by atoms with van der Waals surface area (Å²) in [6.07, 6.45) is 44.8. The number of ether oxygens (including phenoxy) is 3. The number of methoxy groups -OCH3 is 1. The van der Waals surface area contributed by atoms with E-state index in [2.05, 4.69) is 135 Å². The molecule has 5 aromatic heterocycles. The molecule has 26 nitrogen and oxygen atoms in total. The first-order chi connectivity index (χ1) is 56.4. The van der Waals surface area contributed by atoms with Crippen molar-refractivity contribution < 1.29 is 28.4 Å². The zero-order chi connectivity index (χ0) is 89.3. The molecule has 1 unspecified atom stereocenters. The Hall–Kier alpha value is -7.34. The largest absolute Gasteiger partial charge is 0.388 e. The van der Waals surface area contributed by atoms with Crippen LogP contribution in [0.15, 0.2) is 159 Å². The van der Waals surface area contributed by atoms with E-state index in [0.717, 1.165) is 65.8 Å². The van der Waals surface area contributed by atoms with Crippen LogP contribution >= 0.6 is 11.7 Å². The Labute approximate surface area is 705 Å². The van der Waals surface area contributed by atoms with Crippen LogP contribution in [0.2, 0.25) is 0 Å². The summed E-state index contributed by atoms with van der Waals surface area (Å²) in [6.45, 7) is 70.3. The van der Waals surface area contributed by atoms with Crippen molar-refractivity contribution in [2.45, 2.75) is 283 Å².